The zero-order chi connectivity index (χ0) is 16.9. The normalized spacial score (nSPS) is 12.6. The summed E-state index contributed by atoms with van der Waals surface area (Å²) in [5.74, 6) is 1.19. The van der Waals surface area contributed by atoms with Gasteiger partial charge >= 0.3 is 6.09 Å². The lowest BCUT2D eigenvalue weighted by atomic mass is 9.98. The van der Waals surface area contributed by atoms with Gasteiger partial charge < -0.3 is 19.7 Å². The molecule has 1 aromatic rings. The molecular weight excluding hydrogens is 286 g/mol. The number of aliphatic hydroxyl groups excluding tert-OH is 1. The molecular formula is C16H25NO5. The summed E-state index contributed by atoms with van der Waals surface area (Å²) in [6, 6.07) is 4.87. The summed E-state index contributed by atoms with van der Waals surface area (Å²) in [7, 11) is 3.10. The fraction of sp³-hybridized carbons (Fsp3) is 0.562. The molecule has 6 nitrogen and oxygen atoms in total. The molecule has 0 radical (unpaired) electrons. The van der Waals surface area contributed by atoms with E-state index in [2.05, 4.69) is 0 Å². The minimum atomic E-state index is -1.05. The number of methoxy groups -OCH3 is 2. The van der Waals surface area contributed by atoms with E-state index in [0.717, 1.165) is 5.56 Å². The number of hydrogen-bond acceptors (Lipinski definition) is 4. The third-order valence-electron chi connectivity index (χ3n) is 3.42. The first-order chi connectivity index (χ1) is 10.2. The van der Waals surface area contributed by atoms with Gasteiger partial charge in [-0.3, -0.25) is 4.90 Å². The van der Waals surface area contributed by atoms with Crippen LogP contribution in [-0.4, -0.2) is 53.6 Å². The lowest BCUT2D eigenvalue weighted by Gasteiger charge is -2.39. The minimum absolute atomic E-state index is 0.252. The summed E-state index contributed by atoms with van der Waals surface area (Å²) in [4.78, 5) is 12.8. The first-order valence-electron chi connectivity index (χ1n) is 7.08. The van der Waals surface area contributed by atoms with Crippen molar-refractivity contribution in [1.29, 1.82) is 0 Å². The van der Waals surface area contributed by atoms with Crippen LogP contribution in [0, 0.1) is 0 Å². The third kappa shape index (κ3) is 4.27. The van der Waals surface area contributed by atoms with Crippen molar-refractivity contribution in [2.24, 2.45) is 0 Å². The first kappa shape index (κ1) is 18.1. The standard InChI is InChI=1S/C16H25NO5/c1-16(2,3)17(15(19)20)12(10-18)8-11-6-7-13(21-4)14(9-11)22-5/h6-7,9,12,18H,8,10H2,1-5H3,(H,19,20)/t12-/m0/s1. The van der Waals surface area contributed by atoms with Crippen molar-refractivity contribution in [2.45, 2.75) is 38.8 Å². The molecule has 124 valence electrons. The molecule has 0 heterocycles. The highest BCUT2D eigenvalue weighted by Gasteiger charge is 2.33. The Morgan fingerprint density at radius 2 is 1.82 bits per heavy atom. The zero-order valence-electron chi connectivity index (χ0n) is 13.8. The van der Waals surface area contributed by atoms with Crippen molar-refractivity contribution >= 4 is 6.09 Å². The molecule has 2 N–H and O–H groups in total. The van der Waals surface area contributed by atoms with E-state index in [1.807, 2.05) is 6.07 Å². The number of aliphatic hydroxyl groups is 1. The van der Waals surface area contributed by atoms with Crippen molar-refractivity contribution in [3.63, 3.8) is 0 Å². The molecule has 0 unspecified atom stereocenters. The number of nitrogens with zero attached hydrogens (tertiary/aromatic N) is 1. The highest BCUT2D eigenvalue weighted by atomic mass is 16.5. The number of carbonyl (C=O) groups is 1. The number of benzene rings is 1. The Kier molecular flexibility index (Phi) is 6.05. The number of hydrogen-bond donors (Lipinski definition) is 2. The maximum absolute atomic E-state index is 11.5. The summed E-state index contributed by atoms with van der Waals surface area (Å²) in [5.41, 5.74) is 0.266. The second-order valence-electron chi connectivity index (χ2n) is 6.05. The molecule has 0 spiro atoms. The van der Waals surface area contributed by atoms with E-state index in [-0.39, 0.29) is 6.61 Å². The van der Waals surface area contributed by atoms with E-state index in [1.165, 1.54) is 4.90 Å². The zero-order valence-corrected chi connectivity index (χ0v) is 13.8. The van der Waals surface area contributed by atoms with E-state index < -0.39 is 17.7 Å². The van der Waals surface area contributed by atoms with Gasteiger partial charge in [-0.2, -0.15) is 0 Å². The highest BCUT2D eigenvalue weighted by molar-refractivity contribution is 5.66. The van der Waals surface area contributed by atoms with E-state index in [0.29, 0.717) is 17.9 Å². The van der Waals surface area contributed by atoms with Crippen molar-refractivity contribution < 1.29 is 24.5 Å². The first-order valence-corrected chi connectivity index (χ1v) is 7.08. The van der Waals surface area contributed by atoms with Gasteiger partial charge in [0.15, 0.2) is 11.5 Å². The fourth-order valence-corrected chi connectivity index (χ4v) is 2.51. The highest BCUT2D eigenvalue weighted by Crippen LogP contribution is 2.29. The molecule has 6 heteroatoms. The monoisotopic (exact) mass is 311 g/mol. The molecule has 0 fully saturated rings. The van der Waals surface area contributed by atoms with Crippen LogP contribution in [-0.2, 0) is 6.42 Å². The van der Waals surface area contributed by atoms with Gasteiger partial charge in [-0.25, -0.2) is 4.79 Å². The summed E-state index contributed by atoms with van der Waals surface area (Å²) < 4.78 is 10.4. The SMILES string of the molecule is COc1ccc(C[C@@H](CO)N(C(=O)O)C(C)(C)C)cc1OC. The molecule has 1 rings (SSSR count). The van der Waals surface area contributed by atoms with Gasteiger partial charge in [0, 0.05) is 5.54 Å². The largest absolute Gasteiger partial charge is 0.493 e. The molecule has 1 atom stereocenters. The predicted octanol–water partition coefficient (Wildman–Crippen LogP) is 2.39. The summed E-state index contributed by atoms with van der Waals surface area (Å²) >= 11 is 0. The fourth-order valence-electron chi connectivity index (χ4n) is 2.51. The van der Waals surface area contributed by atoms with Gasteiger partial charge in [0.05, 0.1) is 26.9 Å². The number of ether oxygens (including phenoxy) is 2. The number of rotatable bonds is 6. The third-order valence-corrected chi connectivity index (χ3v) is 3.42. The van der Waals surface area contributed by atoms with Crippen LogP contribution >= 0.6 is 0 Å². The van der Waals surface area contributed by atoms with E-state index in [1.54, 1.807) is 47.1 Å². The Hall–Kier alpha value is -1.95. The van der Waals surface area contributed by atoms with Crippen LogP contribution in [0.15, 0.2) is 18.2 Å². The Balaban J connectivity index is 3.05. The van der Waals surface area contributed by atoms with E-state index >= 15 is 0 Å². The average Bonchev–Trinajstić information content (AvgIpc) is 2.44. The topological polar surface area (TPSA) is 79.2 Å². The van der Waals surface area contributed by atoms with E-state index in [9.17, 15) is 15.0 Å². The smallest absolute Gasteiger partial charge is 0.408 e. The summed E-state index contributed by atoms with van der Waals surface area (Å²) in [6.45, 7) is 5.16. The van der Waals surface area contributed by atoms with Crippen LogP contribution < -0.4 is 9.47 Å². The van der Waals surface area contributed by atoms with Gasteiger partial charge in [-0.1, -0.05) is 6.07 Å². The molecule has 0 aliphatic heterocycles. The second-order valence-corrected chi connectivity index (χ2v) is 6.05. The molecule has 0 bridgehead atoms. The van der Waals surface area contributed by atoms with E-state index in [4.69, 9.17) is 9.47 Å². The quantitative estimate of drug-likeness (QED) is 0.843. The van der Waals surface area contributed by atoms with Crippen molar-refractivity contribution in [3.05, 3.63) is 23.8 Å². The lowest BCUT2D eigenvalue weighted by molar-refractivity contribution is 0.0465. The van der Waals surface area contributed by atoms with Crippen LogP contribution in [0.5, 0.6) is 11.5 Å². The second kappa shape index (κ2) is 7.35. The Morgan fingerprint density at radius 1 is 1.23 bits per heavy atom. The number of amides is 1. The van der Waals surface area contributed by atoms with Gasteiger partial charge in [-0.15, -0.1) is 0 Å². The maximum Gasteiger partial charge on any atom is 0.408 e. The van der Waals surface area contributed by atoms with Gasteiger partial charge in [0.2, 0.25) is 0 Å². The summed E-state index contributed by atoms with van der Waals surface area (Å²) in [5, 5.41) is 19.1. The minimum Gasteiger partial charge on any atom is -0.493 e. The molecule has 0 aliphatic carbocycles. The van der Waals surface area contributed by atoms with Crippen LogP contribution in [0.2, 0.25) is 0 Å². The molecule has 1 amide bonds. The van der Waals surface area contributed by atoms with Gasteiger partial charge in [-0.05, 0) is 44.9 Å². The van der Waals surface area contributed by atoms with Crippen LogP contribution in [0.3, 0.4) is 0 Å². The molecule has 0 saturated heterocycles. The van der Waals surface area contributed by atoms with Crippen LogP contribution in [0.25, 0.3) is 0 Å². The van der Waals surface area contributed by atoms with Gasteiger partial charge in [0.1, 0.15) is 0 Å². The maximum atomic E-state index is 11.5. The molecule has 0 aromatic heterocycles. The molecule has 0 aliphatic rings. The van der Waals surface area contributed by atoms with Crippen LogP contribution in [0.4, 0.5) is 4.79 Å². The summed E-state index contributed by atoms with van der Waals surface area (Å²) in [6.07, 6.45) is -0.660. The number of carboxylic acid groups (broad SMARTS) is 1. The average molecular weight is 311 g/mol. The van der Waals surface area contributed by atoms with Crippen LogP contribution in [0.1, 0.15) is 26.3 Å². The molecule has 0 saturated carbocycles. The predicted molar refractivity (Wildman–Crippen MR) is 83.7 cm³/mol. The Bertz CT molecular complexity index is 510. The van der Waals surface area contributed by atoms with Gasteiger partial charge in [0.25, 0.3) is 0 Å². The van der Waals surface area contributed by atoms with Crippen molar-refractivity contribution in [1.82, 2.24) is 4.90 Å². The van der Waals surface area contributed by atoms with Crippen molar-refractivity contribution in [3.8, 4) is 11.5 Å². The van der Waals surface area contributed by atoms with Crippen molar-refractivity contribution in [2.75, 3.05) is 20.8 Å². The molecule has 1 aromatic carbocycles. The Labute approximate surface area is 131 Å². The molecule has 22 heavy (non-hydrogen) atoms. The Morgan fingerprint density at radius 3 is 2.23 bits per heavy atom. The lowest BCUT2D eigenvalue weighted by Crippen LogP contribution is -2.53.